The Kier molecular flexibility index (Phi) is 4.37. The molecule has 0 N–H and O–H groups in total. The van der Waals surface area contributed by atoms with Crippen LogP contribution in [0.5, 0.6) is 0 Å². The second-order valence-corrected chi connectivity index (χ2v) is 6.66. The van der Waals surface area contributed by atoms with Crippen LogP contribution < -0.4 is 0 Å². The first-order valence-corrected chi connectivity index (χ1v) is 8.91. The largest absolute Gasteiger partial charge is 0.248 e. The molecule has 0 unspecified atom stereocenters. The fourth-order valence-corrected chi connectivity index (χ4v) is 3.13. The monoisotopic (exact) mass is 335 g/mol. The van der Waals surface area contributed by atoms with E-state index in [2.05, 4.69) is 92.7 Å². The highest BCUT2D eigenvalue weighted by Gasteiger charge is 2.09. The van der Waals surface area contributed by atoms with E-state index in [0.29, 0.717) is 0 Å². The molecule has 0 fully saturated rings. The summed E-state index contributed by atoms with van der Waals surface area (Å²) in [5.41, 5.74) is 9.28. The summed E-state index contributed by atoms with van der Waals surface area (Å²) < 4.78 is 0. The SMILES string of the molecule is Cc1ccc(-c2cc(-c3ccccc3)cc(-c3ccccc3)n2)cc1C. The molecule has 0 amide bonds. The molecule has 0 bridgehead atoms. The van der Waals surface area contributed by atoms with Gasteiger partial charge in [0.05, 0.1) is 11.4 Å². The normalized spacial score (nSPS) is 10.7. The van der Waals surface area contributed by atoms with E-state index in [1.54, 1.807) is 0 Å². The van der Waals surface area contributed by atoms with Gasteiger partial charge >= 0.3 is 0 Å². The molecule has 1 heterocycles. The van der Waals surface area contributed by atoms with Gasteiger partial charge in [-0.2, -0.15) is 0 Å². The maximum atomic E-state index is 4.97. The first-order chi connectivity index (χ1) is 12.7. The van der Waals surface area contributed by atoms with Crippen molar-refractivity contribution in [3.8, 4) is 33.6 Å². The number of hydrogen-bond donors (Lipinski definition) is 0. The molecule has 1 aromatic heterocycles. The molecule has 0 radical (unpaired) electrons. The lowest BCUT2D eigenvalue weighted by atomic mass is 9.98. The molecule has 1 nitrogen and oxygen atoms in total. The summed E-state index contributed by atoms with van der Waals surface area (Å²) in [7, 11) is 0. The summed E-state index contributed by atoms with van der Waals surface area (Å²) in [6.45, 7) is 4.29. The van der Waals surface area contributed by atoms with Crippen LogP contribution >= 0.6 is 0 Å². The van der Waals surface area contributed by atoms with E-state index in [-0.39, 0.29) is 0 Å². The van der Waals surface area contributed by atoms with Crippen molar-refractivity contribution in [3.63, 3.8) is 0 Å². The van der Waals surface area contributed by atoms with Gasteiger partial charge in [-0.25, -0.2) is 4.98 Å². The molecule has 0 aliphatic rings. The summed E-state index contributed by atoms with van der Waals surface area (Å²) in [6.07, 6.45) is 0. The van der Waals surface area contributed by atoms with E-state index in [1.165, 1.54) is 22.3 Å². The van der Waals surface area contributed by atoms with Crippen molar-refractivity contribution >= 4 is 0 Å². The van der Waals surface area contributed by atoms with Crippen molar-refractivity contribution in [1.82, 2.24) is 4.98 Å². The maximum Gasteiger partial charge on any atom is 0.0715 e. The molecule has 0 aliphatic carbocycles. The number of hydrogen-bond acceptors (Lipinski definition) is 1. The molecule has 0 aliphatic heterocycles. The van der Waals surface area contributed by atoms with E-state index in [0.717, 1.165) is 22.5 Å². The van der Waals surface area contributed by atoms with Crippen LogP contribution in [0.25, 0.3) is 33.6 Å². The molecule has 0 saturated carbocycles. The molecule has 1 heteroatoms. The number of pyridine rings is 1. The first kappa shape index (κ1) is 16.3. The Bertz CT molecular complexity index is 976. The van der Waals surface area contributed by atoms with Crippen LogP contribution in [0.2, 0.25) is 0 Å². The molecule has 3 aromatic carbocycles. The van der Waals surface area contributed by atoms with E-state index >= 15 is 0 Å². The standard InChI is InChI=1S/C25H21N/c1-18-13-14-22(15-19(18)2)25-17-23(20-9-5-3-6-10-20)16-24(26-25)21-11-7-4-8-12-21/h3-17H,1-2H3. The molecule has 4 aromatic rings. The van der Waals surface area contributed by atoms with Gasteiger partial charge in [0, 0.05) is 11.1 Å². The number of rotatable bonds is 3. The average molecular weight is 335 g/mol. The Balaban J connectivity index is 1.92. The van der Waals surface area contributed by atoms with Gasteiger partial charge in [-0.1, -0.05) is 72.8 Å². The summed E-state index contributed by atoms with van der Waals surface area (Å²) in [5.74, 6) is 0. The van der Waals surface area contributed by atoms with E-state index in [1.807, 2.05) is 12.1 Å². The van der Waals surface area contributed by atoms with Crippen molar-refractivity contribution in [1.29, 1.82) is 0 Å². The molecule has 4 rings (SSSR count). The molecule has 0 atom stereocenters. The zero-order valence-electron chi connectivity index (χ0n) is 15.1. The quantitative estimate of drug-likeness (QED) is 0.406. The van der Waals surface area contributed by atoms with Crippen LogP contribution in [0, 0.1) is 13.8 Å². The lowest BCUT2D eigenvalue weighted by Gasteiger charge is -2.11. The second-order valence-electron chi connectivity index (χ2n) is 6.66. The van der Waals surface area contributed by atoms with Crippen molar-refractivity contribution in [3.05, 3.63) is 102 Å². The van der Waals surface area contributed by atoms with E-state index in [9.17, 15) is 0 Å². The van der Waals surface area contributed by atoms with Crippen molar-refractivity contribution < 1.29 is 0 Å². The number of aryl methyl sites for hydroxylation is 2. The van der Waals surface area contributed by atoms with E-state index in [4.69, 9.17) is 4.98 Å². The van der Waals surface area contributed by atoms with Gasteiger partial charge in [-0.15, -0.1) is 0 Å². The third-order valence-corrected chi connectivity index (χ3v) is 4.80. The van der Waals surface area contributed by atoms with Crippen LogP contribution in [0.4, 0.5) is 0 Å². The Hall–Kier alpha value is -3.19. The summed E-state index contributed by atoms with van der Waals surface area (Å²) in [5, 5.41) is 0. The van der Waals surface area contributed by atoms with Gasteiger partial charge < -0.3 is 0 Å². The fourth-order valence-electron chi connectivity index (χ4n) is 3.13. The predicted molar refractivity (Wildman–Crippen MR) is 110 cm³/mol. The third kappa shape index (κ3) is 3.29. The van der Waals surface area contributed by atoms with Crippen LogP contribution in [0.15, 0.2) is 91.0 Å². The van der Waals surface area contributed by atoms with Crippen LogP contribution in [-0.4, -0.2) is 4.98 Å². The van der Waals surface area contributed by atoms with Gasteiger partial charge in [0.1, 0.15) is 0 Å². The van der Waals surface area contributed by atoms with Crippen LogP contribution in [0.3, 0.4) is 0 Å². The van der Waals surface area contributed by atoms with Crippen molar-refractivity contribution in [2.45, 2.75) is 13.8 Å². The molecule has 0 spiro atoms. The summed E-state index contributed by atoms with van der Waals surface area (Å²) in [4.78, 5) is 4.97. The highest BCUT2D eigenvalue weighted by molar-refractivity contribution is 5.76. The lowest BCUT2D eigenvalue weighted by Crippen LogP contribution is -1.92. The smallest absolute Gasteiger partial charge is 0.0715 e. The molecule has 0 saturated heterocycles. The summed E-state index contributed by atoms with van der Waals surface area (Å²) in [6, 6.07) is 31.8. The topological polar surface area (TPSA) is 12.9 Å². The Morgan fingerprint density at radius 1 is 0.462 bits per heavy atom. The molecule has 126 valence electrons. The highest BCUT2D eigenvalue weighted by atomic mass is 14.7. The molecular weight excluding hydrogens is 314 g/mol. The van der Waals surface area contributed by atoms with Crippen LogP contribution in [0.1, 0.15) is 11.1 Å². The van der Waals surface area contributed by atoms with Gasteiger partial charge in [0.2, 0.25) is 0 Å². The average Bonchev–Trinajstić information content (AvgIpc) is 2.71. The predicted octanol–water partition coefficient (Wildman–Crippen LogP) is 6.70. The second kappa shape index (κ2) is 6.97. The third-order valence-electron chi connectivity index (χ3n) is 4.80. The van der Waals surface area contributed by atoms with Gasteiger partial charge in [-0.05, 0) is 54.3 Å². The zero-order chi connectivity index (χ0) is 17.9. The minimum atomic E-state index is 1.00. The molecule has 26 heavy (non-hydrogen) atoms. The minimum absolute atomic E-state index is 1.00. The zero-order valence-corrected chi connectivity index (χ0v) is 15.1. The van der Waals surface area contributed by atoms with E-state index < -0.39 is 0 Å². The van der Waals surface area contributed by atoms with Gasteiger partial charge in [0.15, 0.2) is 0 Å². The molecular formula is C25H21N. The lowest BCUT2D eigenvalue weighted by molar-refractivity contribution is 1.29. The maximum absolute atomic E-state index is 4.97. The number of nitrogens with zero attached hydrogens (tertiary/aromatic N) is 1. The number of aromatic nitrogens is 1. The first-order valence-electron chi connectivity index (χ1n) is 8.91. The highest BCUT2D eigenvalue weighted by Crippen LogP contribution is 2.30. The van der Waals surface area contributed by atoms with Crippen molar-refractivity contribution in [2.24, 2.45) is 0 Å². The van der Waals surface area contributed by atoms with Crippen molar-refractivity contribution in [2.75, 3.05) is 0 Å². The summed E-state index contributed by atoms with van der Waals surface area (Å²) >= 11 is 0. The Morgan fingerprint density at radius 3 is 1.65 bits per heavy atom. The van der Waals surface area contributed by atoms with Crippen LogP contribution in [-0.2, 0) is 0 Å². The van der Waals surface area contributed by atoms with Gasteiger partial charge in [0.25, 0.3) is 0 Å². The van der Waals surface area contributed by atoms with Gasteiger partial charge in [-0.3, -0.25) is 0 Å². The fraction of sp³-hybridized carbons (Fsp3) is 0.0800. The number of benzene rings is 3. The minimum Gasteiger partial charge on any atom is -0.248 e. The Labute approximate surface area is 155 Å². The Morgan fingerprint density at radius 2 is 1.04 bits per heavy atom.